The lowest BCUT2D eigenvalue weighted by Crippen LogP contribution is -2.43. The quantitative estimate of drug-likeness (QED) is 0.719. The molecule has 2 rings (SSSR count). The summed E-state index contributed by atoms with van der Waals surface area (Å²) < 4.78 is 0. The van der Waals surface area contributed by atoms with Crippen LogP contribution in [-0.2, 0) is 9.59 Å². The van der Waals surface area contributed by atoms with Gasteiger partial charge in [-0.05, 0) is 31.6 Å². The molecule has 120 valence electrons. The number of rotatable bonds is 5. The first-order valence-corrected chi connectivity index (χ1v) is 8.39. The van der Waals surface area contributed by atoms with Gasteiger partial charge in [0.1, 0.15) is 0 Å². The van der Waals surface area contributed by atoms with Crippen LogP contribution in [-0.4, -0.2) is 35.6 Å². The van der Waals surface area contributed by atoms with Gasteiger partial charge in [-0.2, -0.15) is 0 Å². The molecule has 5 nitrogen and oxygen atoms in total. The first-order valence-electron chi connectivity index (χ1n) is 8.39. The van der Waals surface area contributed by atoms with Gasteiger partial charge in [0.05, 0.1) is 12.6 Å². The molecule has 2 aliphatic rings. The van der Waals surface area contributed by atoms with Crippen molar-refractivity contribution in [3.05, 3.63) is 0 Å². The van der Waals surface area contributed by atoms with Crippen LogP contribution in [0.3, 0.4) is 0 Å². The first-order chi connectivity index (χ1) is 10.1. The largest absolute Gasteiger partial charge is 0.393 e. The van der Waals surface area contributed by atoms with Crippen molar-refractivity contribution in [2.75, 3.05) is 6.54 Å². The fourth-order valence-corrected chi connectivity index (χ4v) is 3.44. The molecule has 21 heavy (non-hydrogen) atoms. The lowest BCUT2D eigenvalue weighted by molar-refractivity contribution is -0.127. The molecule has 2 fully saturated rings. The van der Waals surface area contributed by atoms with E-state index in [0.29, 0.717) is 6.42 Å². The Morgan fingerprint density at radius 3 is 2.29 bits per heavy atom. The maximum Gasteiger partial charge on any atom is 0.239 e. The molecule has 0 saturated heterocycles. The number of nitrogens with one attached hydrogen (secondary N) is 2. The van der Waals surface area contributed by atoms with Crippen molar-refractivity contribution in [3.63, 3.8) is 0 Å². The van der Waals surface area contributed by atoms with Crippen LogP contribution in [0.2, 0.25) is 0 Å². The standard InChI is InChI=1S/C16H28N2O3/c19-14-9-5-4-6-12(14)10-15(20)17-11-16(21)18-13-7-2-1-3-8-13/h12-14,19H,1-11H2,(H,17,20)(H,18,21)/t12-,14+/m1/s1. The molecule has 0 aromatic heterocycles. The highest BCUT2D eigenvalue weighted by atomic mass is 16.3. The Labute approximate surface area is 126 Å². The van der Waals surface area contributed by atoms with Gasteiger partial charge in [-0.25, -0.2) is 0 Å². The van der Waals surface area contributed by atoms with E-state index in [0.717, 1.165) is 38.5 Å². The van der Waals surface area contributed by atoms with E-state index in [9.17, 15) is 14.7 Å². The molecule has 0 bridgehead atoms. The monoisotopic (exact) mass is 296 g/mol. The number of hydrogen-bond acceptors (Lipinski definition) is 3. The van der Waals surface area contributed by atoms with Crippen LogP contribution < -0.4 is 10.6 Å². The molecule has 0 unspecified atom stereocenters. The van der Waals surface area contributed by atoms with Gasteiger partial charge in [0.15, 0.2) is 0 Å². The van der Waals surface area contributed by atoms with Crippen molar-refractivity contribution in [2.24, 2.45) is 5.92 Å². The topological polar surface area (TPSA) is 78.4 Å². The van der Waals surface area contributed by atoms with Gasteiger partial charge >= 0.3 is 0 Å². The van der Waals surface area contributed by atoms with E-state index < -0.39 is 0 Å². The second kappa shape index (κ2) is 8.37. The summed E-state index contributed by atoms with van der Waals surface area (Å²) >= 11 is 0. The van der Waals surface area contributed by atoms with Gasteiger partial charge in [-0.15, -0.1) is 0 Å². The SMILES string of the molecule is O=C(C[C@H]1CCCC[C@@H]1O)NCC(=O)NC1CCCCC1. The summed E-state index contributed by atoms with van der Waals surface area (Å²) in [5.74, 6) is -0.167. The zero-order valence-electron chi connectivity index (χ0n) is 12.8. The van der Waals surface area contributed by atoms with Gasteiger partial charge < -0.3 is 15.7 Å². The van der Waals surface area contributed by atoms with E-state index in [1.807, 2.05) is 0 Å². The first kappa shape index (κ1) is 16.3. The van der Waals surface area contributed by atoms with Crippen LogP contribution in [0.5, 0.6) is 0 Å². The maximum absolute atomic E-state index is 11.9. The summed E-state index contributed by atoms with van der Waals surface area (Å²) in [4.78, 5) is 23.6. The number of aliphatic hydroxyl groups excluding tert-OH is 1. The zero-order valence-corrected chi connectivity index (χ0v) is 12.8. The van der Waals surface area contributed by atoms with E-state index in [4.69, 9.17) is 0 Å². The average molecular weight is 296 g/mol. The number of hydrogen-bond donors (Lipinski definition) is 3. The van der Waals surface area contributed by atoms with Crippen molar-refractivity contribution in [2.45, 2.75) is 76.4 Å². The fraction of sp³-hybridized carbons (Fsp3) is 0.875. The normalized spacial score (nSPS) is 27.1. The average Bonchev–Trinajstić information content (AvgIpc) is 2.49. The molecular weight excluding hydrogens is 268 g/mol. The highest BCUT2D eigenvalue weighted by molar-refractivity contribution is 5.84. The Morgan fingerprint density at radius 2 is 1.57 bits per heavy atom. The molecule has 0 spiro atoms. The van der Waals surface area contributed by atoms with Gasteiger partial charge in [-0.3, -0.25) is 9.59 Å². The van der Waals surface area contributed by atoms with Crippen molar-refractivity contribution in [3.8, 4) is 0 Å². The maximum atomic E-state index is 11.9. The Balaban J connectivity index is 1.62. The van der Waals surface area contributed by atoms with Crippen LogP contribution in [0.4, 0.5) is 0 Å². The minimum Gasteiger partial charge on any atom is -0.393 e. The molecule has 0 aromatic carbocycles. The predicted octanol–water partition coefficient (Wildman–Crippen LogP) is 1.49. The summed E-state index contributed by atoms with van der Waals surface area (Å²) in [6, 6.07) is 0.281. The summed E-state index contributed by atoms with van der Waals surface area (Å²) in [6.07, 6.45) is 9.50. The van der Waals surface area contributed by atoms with Crippen molar-refractivity contribution < 1.29 is 14.7 Å². The Bertz CT molecular complexity index is 353. The molecular formula is C16H28N2O3. The third kappa shape index (κ3) is 5.65. The second-order valence-electron chi connectivity index (χ2n) is 6.50. The number of carbonyl (C=O) groups excluding carboxylic acids is 2. The van der Waals surface area contributed by atoms with Gasteiger partial charge in [0, 0.05) is 12.5 Å². The summed E-state index contributed by atoms with van der Waals surface area (Å²) in [7, 11) is 0. The van der Waals surface area contributed by atoms with E-state index in [1.165, 1.54) is 19.3 Å². The molecule has 0 radical (unpaired) electrons. The Kier molecular flexibility index (Phi) is 6.49. The molecule has 2 atom stereocenters. The van der Waals surface area contributed by atoms with E-state index in [2.05, 4.69) is 10.6 Å². The van der Waals surface area contributed by atoms with Crippen molar-refractivity contribution in [1.29, 1.82) is 0 Å². The molecule has 3 N–H and O–H groups in total. The van der Waals surface area contributed by atoms with Crippen LogP contribution in [0.25, 0.3) is 0 Å². The lowest BCUT2D eigenvalue weighted by Gasteiger charge is -2.27. The summed E-state index contributed by atoms with van der Waals surface area (Å²) in [5.41, 5.74) is 0. The third-order valence-corrected chi connectivity index (χ3v) is 4.73. The van der Waals surface area contributed by atoms with Gasteiger partial charge in [-0.1, -0.05) is 32.1 Å². The van der Waals surface area contributed by atoms with E-state index in [1.54, 1.807) is 0 Å². The number of aliphatic hydroxyl groups is 1. The van der Waals surface area contributed by atoms with Crippen LogP contribution >= 0.6 is 0 Å². The minimum atomic E-state index is -0.361. The summed E-state index contributed by atoms with van der Waals surface area (Å²) in [6.45, 7) is 0.0537. The fourth-order valence-electron chi connectivity index (χ4n) is 3.44. The van der Waals surface area contributed by atoms with Gasteiger partial charge in [0.2, 0.25) is 11.8 Å². The highest BCUT2D eigenvalue weighted by Crippen LogP contribution is 2.26. The summed E-state index contributed by atoms with van der Waals surface area (Å²) in [5, 5.41) is 15.5. The lowest BCUT2D eigenvalue weighted by atomic mass is 9.84. The minimum absolute atomic E-state index is 0.0537. The highest BCUT2D eigenvalue weighted by Gasteiger charge is 2.25. The predicted molar refractivity (Wildman–Crippen MR) is 80.6 cm³/mol. The van der Waals surface area contributed by atoms with E-state index in [-0.39, 0.29) is 36.4 Å². The third-order valence-electron chi connectivity index (χ3n) is 4.73. The molecule has 5 heteroatoms. The molecule has 0 aromatic rings. The molecule has 0 heterocycles. The Morgan fingerprint density at radius 1 is 0.905 bits per heavy atom. The van der Waals surface area contributed by atoms with Crippen molar-refractivity contribution in [1.82, 2.24) is 10.6 Å². The molecule has 2 aliphatic carbocycles. The second-order valence-corrected chi connectivity index (χ2v) is 6.50. The molecule has 2 saturated carbocycles. The smallest absolute Gasteiger partial charge is 0.239 e. The zero-order chi connectivity index (χ0) is 15.1. The van der Waals surface area contributed by atoms with Crippen LogP contribution in [0, 0.1) is 5.92 Å². The number of carbonyl (C=O) groups is 2. The van der Waals surface area contributed by atoms with Crippen molar-refractivity contribution >= 4 is 11.8 Å². The van der Waals surface area contributed by atoms with Gasteiger partial charge in [0.25, 0.3) is 0 Å². The Hall–Kier alpha value is -1.10. The van der Waals surface area contributed by atoms with E-state index >= 15 is 0 Å². The molecule has 2 amide bonds. The van der Waals surface area contributed by atoms with Crippen LogP contribution in [0.15, 0.2) is 0 Å². The number of amides is 2. The van der Waals surface area contributed by atoms with Crippen LogP contribution in [0.1, 0.15) is 64.2 Å². The molecule has 0 aliphatic heterocycles.